The zero-order valence-electron chi connectivity index (χ0n) is 12.4. The zero-order chi connectivity index (χ0) is 15.0. The third-order valence-corrected chi connectivity index (χ3v) is 5.99. The van der Waals surface area contributed by atoms with Gasteiger partial charge in [0.15, 0.2) is 5.03 Å². The lowest BCUT2D eigenvalue weighted by Gasteiger charge is -2.22. The van der Waals surface area contributed by atoms with Crippen LogP contribution in [-0.2, 0) is 16.6 Å². The molecule has 0 aromatic carbocycles. The summed E-state index contributed by atoms with van der Waals surface area (Å²) < 4.78 is 27.0. The van der Waals surface area contributed by atoms with Crippen molar-refractivity contribution in [1.29, 1.82) is 0 Å². The lowest BCUT2D eigenvalue weighted by Crippen LogP contribution is -2.33. The number of nitrogens with two attached hydrogens (primary N) is 1. The van der Waals surface area contributed by atoms with Gasteiger partial charge in [-0.1, -0.05) is 13.8 Å². The van der Waals surface area contributed by atoms with Gasteiger partial charge in [0, 0.05) is 30.9 Å². The van der Waals surface area contributed by atoms with Crippen molar-refractivity contribution >= 4 is 10.0 Å². The van der Waals surface area contributed by atoms with E-state index in [2.05, 4.69) is 24.0 Å². The first-order chi connectivity index (χ1) is 9.28. The first-order valence-electron chi connectivity index (χ1n) is 7.02. The Balaban J connectivity index is 2.30. The predicted octanol–water partition coefficient (Wildman–Crippen LogP) is 1.38. The Morgan fingerprint density at radius 3 is 2.70 bits per heavy atom. The molecule has 0 bridgehead atoms. The molecule has 1 aromatic rings. The minimum atomic E-state index is -3.55. The van der Waals surface area contributed by atoms with E-state index in [1.54, 1.807) is 11.2 Å². The molecular formula is C13H24N4O2S. The standard InChI is InChI=1S/C13H24N4O2S/c1-10-11(9-14)12(16-15-10)20(18,19)17-7-4-5-13(2,3)6-8-17/h4-9,14H2,1-3H3,(H,15,16). The van der Waals surface area contributed by atoms with E-state index in [0.717, 1.165) is 25.0 Å². The first-order valence-corrected chi connectivity index (χ1v) is 8.46. The molecule has 114 valence electrons. The average Bonchev–Trinajstić information content (AvgIpc) is 2.64. The van der Waals surface area contributed by atoms with Gasteiger partial charge < -0.3 is 5.73 Å². The Bertz CT molecular complexity index is 577. The van der Waals surface area contributed by atoms with Crippen molar-refractivity contribution < 1.29 is 8.42 Å². The van der Waals surface area contributed by atoms with Crippen LogP contribution in [0.15, 0.2) is 5.03 Å². The molecule has 7 heteroatoms. The van der Waals surface area contributed by atoms with Crippen molar-refractivity contribution in [3.05, 3.63) is 11.3 Å². The summed E-state index contributed by atoms with van der Waals surface area (Å²) in [7, 11) is -3.55. The van der Waals surface area contributed by atoms with Gasteiger partial charge in [-0.2, -0.15) is 9.40 Å². The molecule has 1 fully saturated rings. The molecule has 6 nitrogen and oxygen atoms in total. The SMILES string of the molecule is Cc1[nH]nc(S(=O)(=O)N2CCCC(C)(C)CC2)c1CN. The van der Waals surface area contributed by atoms with Gasteiger partial charge in [-0.15, -0.1) is 0 Å². The van der Waals surface area contributed by atoms with Crippen LogP contribution in [0.5, 0.6) is 0 Å². The fraction of sp³-hybridized carbons (Fsp3) is 0.769. The molecule has 1 aromatic heterocycles. The molecule has 3 N–H and O–H groups in total. The third-order valence-electron chi connectivity index (χ3n) is 4.12. The van der Waals surface area contributed by atoms with Gasteiger partial charge in [0.1, 0.15) is 0 Å². The van der Waals surface area contributed by atoms with Crippen molar-refractivity contribution in [1.82, 2.24) is 14.5 Å². The quantitative estimate of drug-likeness (QED) is 0.882. The van der Waals surface area contributed by atoms with Crippen molar-refractivity contribution in [2.45, 2.75) is 51.6 Å². The summed E-state index contributed by atoms with van der Waals surface area (Å²) >= 11 is 0. The Labute approximate surface area is 120 Å². The van der Waals surface area contributed by atoms with Crippen LogP contribution in [0.25, 0.3) is 0 Å². The number of aryl methyl sites for hydroxylation is 1. The predicted molar refractivity (Wildman–Crippen MR) is 77.6 cm³/mol. The van der Waals surface area contributed by atoms with E-state index in [1.807, 2.05) is 0 Å². The Hall–Kier alpha value is -0.920. The summed E-state index contributed by atoms with van der Waals surface area (Å²) in [5.41, 5.74) is 7.16. The molecule has 2 rings (SSSR count). The lowest BCUT2D eigenvalue weighted by molar-refractivity contribution is 0.314. The molecule has 0 unspecified atom stereocenters. The lowest BCUT2D eigenvalue weighted by atomic mass is 9.85. The first kappa shape index (κ1) is 15.5. The van der Waals surface area contributed by atoms with E-state index in [4.69, 9.17) is 5.73 Å². The van der Waals surface area contributed by atoms with Crippen molar-refractivity contribution in [2.75, 3.05) is 13.1 Å². The molecule has 20 heavy (non-hydrogen) atoms. The molecule has 1 aliphatic rings. The molecule has 0 saturated carbocycles. The molecule has 2 heterocycles. The van der Waals surface area contributed by atoms with Crippen LogP contribution in [0.2, 0.25) is 0 Å². The molecule has 0 spiro atoms. The normalized spacial score (nSPS) is 20.8. The minimum absolute atomic E-state index is 0.0946. The molecule has 0 radical (unpaired) electrons. The fourth-order valence-corrected chi connectivity index (χ4v) is 4.30. The molecule has 1 aliphatic heterocycles. The molecule has 1 saturated heterocycles. The summed E-state index contributed by atoms with van der Waals surface area (Å²) in [6, 6.07) is 0. The van der Waals surface area contributed by atoms with Crippen molar-refractivity contribution in [3.63, 3.8) is 0 Å². The number of hydrogen-bond donors (Lipinski definition) is 2. The van der Waals surface area contributed by atoms with Crippen LogP contribution in [-0.4, -0.2) is 36.0 Å². The smallest absolute Gasteiger partial charge is 0.262 e. The summed E-state index contributed by atoms with van der Waals surface area (Å²) in [6.45, 7) is 7.45. The Morgan fingerprint density at radius 2 is 2.05 bits per heavy atom. The number of nitrogens with one attached hydrogen (secondary N) is 1. The zero-order valence-corrected chi connectivity index (χ0v) is 13.3. The largest absolute Gasteiger partial charge is 0.326 e. The van der Waals surface area contributed by atoms with E-state index in [0.29, 0.717) is 18.7 Å². The van der Waals surface area contributed by atoms with Crippen LogP contribution < -0.4 is 5.73 Å². The second-order valence-electron chi connectivity index (χ2n) is 6.26. The number of hydrogen-bond acceptors (Lipinski definition) is 4. The summed E-state index contributed by atoms with van der Waals surface area (Å²) in [4.78, 5) is 0. The maximum absolute atomic E-state index is 12.7. The number of nitrogens with zero attached hydrogens (tertiary/aromatic N) is 2. The van der Waals surface area contributed by atoms with E-state index >= 15 is 0 Å². The van der Waals surface area contributed by atoms with E-state index in [1.165, 1.54) is 0 Å². The van der Waals surface area contributed by atoms with Crippen LogP contribution >= 0.6 is 0 Å². The van der Waals surface area contributed by atoms with E-state index in [9.17, 15) is 8.42 Å². The highest BCUT2D eigenvalue weighted by molar-refractivity contribution is 7.89. The number of sulfonamides is 1. The van der Waals surface area contributed by atoms with Gasteiger partial charge in [0.25, 0.3) is 10.0 Å². The molecule has 0 aliphatic carbocycles. The molecule has 0 amide bonds. The summed E-state index contributed by atoms with van der Waals surface area (Å²) in [6.07, 6.45) is 2.80. The number of aromatic nitrogens is 2. The highest BCUT2D eigenvalue weighted by Crippen LogP contribution is 2.32. The van der Waals surface area contributed by atoms with Crippen molar-refractivity contribution in [2.24, 2.45) is 11.1 Å². The minimum Gasteiger partial charge on any atom is -0.326 e. The fourth-order valence-electron chi connectivity index (χ4n) is 2.64. The average molecular weight is 300 g/mol. The third kappa shape index (κ3) is 2.89. The van der Waals surface area contributed by atoms with Gasteiger partial charge in [-0.3, -0.25) is 5.10 Å². The molecular weight excluding hydrogens is 276 g/mol. The monoisotopic (exact) mass is 300 g/mol. The highest BCUT2D eigenvalue weighted by Gasteiger charge is 2.33. The van der Waals surface area contributed by atoms with E-state index in [-0.39, 0.29) is 17.0 Å². The summed E-state index contributed by atoms with van der Waals surface area (Å²) in [5.74, 6) is 0. The van der Waals surface area contributed by atoms with Crippen LogP contribution in [0, 0.1) is 12.3 Å². The number of H-pyrrole nitrogens is 1. The van der Waals surface area contributed by atoms with Crippen molar-refractivity contribution in [3.8, 4) is 0 Å². The number of aromatic amines is 1. The van der Waals surface area contributed by atoms with Crippen LogP contribution in [0.4, 0.5) is 0 Å². The van der Waals surface area contributed by atoms with Gasteiger partial charge in [-0.05, 0) is 31.6 Å². The maximum Gasteiger partial charge on any atom is 0.262 e. The van der Waals surface area contributed by atoms with Crippen LogP contribution in [0.3, 0.4) is 0 Å². The Morgan fingerprint density at radius 1 is 1.35 bits per heavy atom. The Kier molecular flexibility index (Phi) is 4.22. The second kappa shape index (κ2) is 5.46. The summed E-state index contributed by atoms with van der Waals surface area (Å²) in [5, 5.41) is 6.79. The van der Waals surface area contributed by atoms with Gasteiger partial charge in [0.05, 0.1) is 0 Å². The van der Waals surface area contributed by atoms with Crippen LogP contribution in [0.1, 0.15) is 44.4 Å². The highest BCUT2D eigenvalue weighted by atomic mass is 32.2. The van der Waals surface area contributed by atoms with E-state index < -0.39 is 10.0 Å². The topological polar surface area (TPSA) is 92.1 Å². The second-order valence-corrected chi connectivity index (χ2v) is 8.11. The maximum atomic E-state index is 12.7. The van der Waals surface area contributed by atoms with Gasteiger partial charge >= 0.3 is 0 Å². The number of rotatable bonds is 3. The molecule has 0 atom stereocenters. The van der Waals surface area contributed by atoms with Gasteiger partial charge in [-0.25, -0.2) is 8.42 Å². The van der Waals surface area contributed by atoms with Gasteiger partial charge in [0.2, 0.25) is 0 Å².